The van der Waals surface area contributed by atoms with Crippen molar-refractivity contribution in [1.82, 2.24) is 5.32 Å². The number of halogens is 1. The third-order valence-corrected chi connectivity index (χ3v) is 3.53. The maximum absolute atomic E-state index is 11.8. The van der Waals surface area contributed by atoms with Crippen LogP contribution in [0.2, 0.25) is 5.02 Å². The van der Waals surface area contributed by atoms with E-state index in [-0.39, 0.29) is 6.03 Å². The summed E-state index contributed by atoms with van der Waals surface area (Å²) in [6.45, 7) is 9.41. The molecule has 106 valence electrons. The van der Waals surface area contributed by atoms with E-state index in [2.05, 4.69) is 38.3 Å². The van der Waals surface area contributed by atoms with Crippen LogP contribution in [0.25, 0.3) is 0 Å². The second-order valence-corrected chi connectivity index (χ2v) is 5.93. The Morgan fingerprint density at radius 3 is 2.37 bits per heavy atom. The summed E-state index contributed by atoms with van der Waals surface area (Å²) in [7, 11) is 0. The molecular weight excluding hydrogens is 260 g/mol. The van der Waals surface area contributed by atoms with Crippen LogP contribution in [0.3, 0.4) is 0 Å². The molecule has 1 aromatic rings. The van der Waals surface area contributed by atoms with E-state index in [4.69, 9.17) is 11.6 Å². The zero-order valence-electron chi connectivity index (χ0n) is 12.0. The number of anilines is 1. The summed E-state index contributed by atoms with van der Waals surface area (Å²) >= 11 is 5.87. The van der Waals surface area contributed by atoms with Crippen molar-refractivity contribution in [2.24, 2.45) is 17.8 Å². The van der Waals surface area contributed by atoms with Gasteiger partial charge in [0.1, 0.15) is 0 Å². The van der Waals surface area contributed by atoms with Crippen LogP contribution < -0.4 is 10.6 Å². The summed E-state index contributed by atoms with van der Waals surface area (Å²) < 4.78 is 0. The summed E-state index contributed by atoms with van der Waals surface area (Å²) in [6, 6.07) is 6.94. The molecule has 0 unspecified atom stereocenters. The summed E-state index contributed by atoms with van der Waals surface area (Å²) in [5, 5.41) is 6.31. The lowest BCUT2D eigenvalue weighted by molar-refractivity contribution is 0.239. The summed E-state index contributed by atoms with van der Waals surface area (Å²) in [5.41, 5.74) is 0.704. The van der Waals surface area contributed by atoms with Gasteiger partial charge >= 0.3 is 6.03 Å². The van der Waals surface area contributed by atoms with E-state index >= 15 is 0 Å². The molecule has 0 fully saturated rings. The number of carbonyl (C=O) groups excluding carboxylic acids is 1. The van der Waals surface area contributed by atoms with Gasteiger partial charge in [0.2, 0.25) is 0 Å². The molecule has 0 heterocycles. The molecule has 0 aliphatic rings. The Bertz CT molecular complexity index is 410. The zero-order valence-corrected chi connectivity index (χ0v) is 12.8. The minimum Gasteiger partial charge on any atom is -0.338 e. The summed E-state index contributed by atoms with van der Waals surface area (Å²) in [4.78, 5) is 11.8. The first-order valence-corrected chi connectivity index (χ1v) is 7.08. The predicted octanol–water partition coefficient (Wildman–Crippen LogP) is 4.39. The highest BCUT2D eigenvalue weighted by atomic mass is 35.5. The Labute approximate surface area is 120 Å². The van der Waals surface area contributed by atoms with Crippen molar-refractivity contribution in [2.45, 2.75) is 27.7 Å². The fourth-order valence-electron chi connectivity index (χ4n) is 2.19. The SMILES string of the molecule is CC(C)C(CNC(=O)Nc1cccc(Cl)c1)C(C)C. The Balaban J connectivity index is 2.47. The number of benzene rings is 1. The molecule has 1 rings (SSSR count). The van der Waals surface area contributed by atoms with Crippen LogP contribution in [0.15, 0.2) is 24.3 Å². The fourth-order valence-corrected chi connectivity index (χ4v) is 2.38. The largest absolute Gasteiger partial charge is 0.338 e. The molecule has 0 aromatic heterocycles. The predicted molar refractivity (Wildman–Crippen MR) is 81.6 cm³/mol. The smallest absolute Gasteiger partial charge is 0.319 e. The van der Waals surface area contributed by atoms with Crippen LogP contribution in [-0.4, -0.2) is 12.6 Å². The van der Waals surface area contributed by atoms with Crippen molar-refractivity contribution in [1.29, 1.82) is 0 Å². The van der Waals surface area contributed by atoms with Crippen molar-refractivity contribution in [2.75, 3.05) is 11.9 Å². The van der Waals surface area contributed by atoms with Crippen LogP contribution in [0, 0.1) is 17.8 Å². The molecule has 4 heteroatoms. The first-order chi connectivity index (χ1) is 8.90. The molecule has 19 heavy (non-hydrogen) atoms. The molecule has 3 nitrogen and oxygen atoms in total. The van der Waals surface area contributed by atoms with E-state index in [1.54, 1.807) is 12.1 Å². The van der Waals surface area contributed by atoms with E-state index in [0.29, 0.717) is 35.0 Å². The highest BCUT2D eigenvalue weighted by molar-refractivity contribution is 6.30. The fraction of sp³-hybridized carbons (Fsp3) is 0.533. The average Bonchev–Trinajstić information content (AvgIpc) is 2.27. The zero-order chi connectivity index (χ0) is 14.4. The third kappa shape index (κ3) is 5.52. The molecule has 1 aromatic carbocycles. The lowest BCUT2D eigenvalue weighted by Gasteiger charge is -2.25. The van der Waals surface area contributed by atoms with Crippen molar-refractivity contribution in [3.8, 4) is 0 Å². The topological polar surface area (TPSA) is 41.1 Å². The molecule has 0 bridgehead atoms. The lowest BCUT2D eigenvalue weighted by Crippen LogP contribution is -2.36. The normalized spacial score (nSPS) is 11.2. The number of hydrogen-bond donors (Lipinski definition) is 2. The minimum atomic E-state index is -0.187. The molecule has 0 aliphatic carbocycles. The molecule has 0 saturated carbocycles. The van der Waals surface area contributed by atoms with Gasteiger partial charge in [-0.15, -0.1) is 0 Å². The molecule has 0 aliphatic heterocycles. The Morgan fingerprint density at radius 2 is 1.84 bits per heavy atom. The Kier molecular flexibility index (Phi) is 6.16. The van der Waals surface area contributed by atoms with Crippen LogP contribution in [-0.2, 0) is 0 Å². The first kappa shape index (κ1) is 15.8. The number of carbonyl (C=O) groups is 1. The number of amides is 2. The maximum atomic E-state index is 11.8. The van der Waals surface area contributed by atoms with E-state index in [1.165, 1.54) is 0 Å². The molecule has 0 saturated heterocycles. The van der Waals surface area contributed by atoms with Gasteiger partial charge in [0.25, 0.3) is 0 Å². The van der Waals surface area contributed by atoms with Crippen LogP contribution >= 0.6 is 11.6 Å². The molecule has 0 spiro atoms. The van der Waals surface area contributed by atoms with E-state index < -0.39 is 0 Å². The Hall–Kier alpha value is -1.22. The number of rotatable bonds is 5. The van der Waals surface area contributed by atoms with Gasteiger partial charge in [0.15, 0.2) is 0 Å². The average molecular weight is 283 g/mol. The quantitative estimate of drug-likeness (QED) is 0.826. The van der Waals surface area contributed by atoms with Gasteiger partial charge in [-0.1, -0.05) is 45.4 Å². The van der Waals surface area contributed by atoms with Crippen molar-refractivity contribution in [3.63, 3.8) is 0 Å². The second kappa shape index (κ2) is 7.39. The van der Waals surface area contributed by atoms with E-state index in [9.17, 15) is 4.79 Å². The van der Waals surface area contributed by atoms with E-state index in [0.717, 1.165) is 0 Å². The van der Waals surface area contributed by atoms with Crippen molar-refractivity contribution in [3.05, 3.63) is 29.3 Å². The molecular formula is C15H23ClN2O. The van der Waals surface area contributed by atoms with Crippen LogP contribution in [0.5, 0.6) is 0 Å². The van der Waals surface area contributed by atoms with Crippen LogP contribution in [0.1, 0.15) is 27.7 Å². The number of hydrogen-bond acceptors (Lipinski definition) is 1. The number of urea groups is 1. The summed E-state index contributed by atoms with van der Waals surface area (Å²) in [6.07, 6.45) is 0. The van der Waals surface area contributed by atoms with Gasteiger partial charge in [-0.05, 0) is 36.0 Å². The van der Waals surface area contributed by atoms with Gasteiger partial charge in [0.05, 0.1) is 0 Å². The minimum absolute atomic E-state index is 0.187. The molecule has 2 N–H and O–H groups in total. The Morgan fingerprint density at radius 1 is 1.21 bits per heavy atom. The monoisotopic (exact) mass is 282 g/mol. The summed E-state index contributed by atoms with van der Waals surface area (Å²) in [5.74, 6) is 1.57. The van der Waals surface area contributed by atoms with Crippen molar-refractivity contribution >= 4 is 23.3 Å². The lowest BCUT2D eigenvalue weighted by atomic mass is 9.85. The van der Waals surface area contributed by atoms with Gasteiger partial charge in [0, 0.05) is 17.3 Å². The molecule has 0 atom stereocenters. The van der Waals surface area contributed by atoms with Crippen molar-refractivity contribution < 1.29 is 4.79 Å². The first-order valence-electron chi connectivity index (χ1n) is 6.70. The van der Waals surface area contributed by atoms with Crippen LogP contribution in [0.4, 0.5) is 10.5 Å². The highest BCUT2D eigenvalue weighted by Gasteiger charge is 2.18. The standard InChI is InChI=1S/C15H23ClN2O/c1-10(2)14(11(3)4)9-17-15(19)18-13-7-5-6-12(16)8-13/h5-8,10-11,14H,9H2,1-4H3,(H2,17,18,19). The van der Waals surface area contributed by atoms with Gasteiger partial charge in [-0.25, -0.2) is 4.79 Å². The van der Waals surface area contributed by atoms with Gasteiger partial charge in [-0.2, -0.15) is 0 Å². The molecule has 2 amide bonds. The second-order valence-electron chi connectivity index (χ2n) is 5.50. The van der Waals surface area contributed by atoms with Gasteiger partial charge < -0.3 is 10.6 Å². The maximum Gasteiger partial charge on any atom is 0.319 e. The van der Waals surface area contributed by atoms with E-state index in [1.807, 2.05) is 12.1 Å². The number of nitrogens with one attached hydrogen (secondary N) is 2. The molecule has 0 radical (unpaired) electrons. The highest BCUT2D eigenvalue weighted by Crippen LogP contribution is 2.19. The van der Waals surface area contributed by atoms with Gasteiger partial charge in [-0.3, -0.25) is 0 Å². The third-order valence-electron chi connectivity index (χ3n) is 3.29.